The Labute approximate surface area is 165 Å². The lowest BCUT2D eigenvalue weighted by Gasteiger charge is -2.37. The molecule has 0 N–H and O–H groups in total. The van der Waals surface area contributed by atoms with E-state index in [2.05, 4.69) is 4.74 Å². The number of esters is 1. The Kier molecular flexibility index (Phi) is 6.79. The Morgan fingerprint density at radius 1 is 0.897 bits per heavy atom. The maximum absolute atomic E-state index is 14.1. The first-order valence-electron chi connectivity index (χ1n) is 10.0. The van der Waals surface area contributed by atoms with Crippen LogP contribution < -0.4 is 4.74 Å². The monoisotopic (exact) mass is 422 g/mol. The zero-order valence-electron chi connectivity index (χ0n) is 15.9. The van der Waals surface area contributed by atoms with Gasteiger partial charge in [-0.05, 0) is 92.7 Å². The highest BCUT2D eigenvalue weighted by atomic mass is 19.4. The van der Waals surface area contributed by atoms with Crippen LogP contribution in [0.1, 0.15) is 62.8 Å². The number of carbonyl (C=O) groups is 1. The minimum Gasteiger partial charge on any atom is -0.414 e. The fourth-order valence-corrected chi connectivity index (χ4v) is 4.80. The van der Waals surface area contributed by atoms with Crippen LogP contribution in [0.3, 0.4) is 0 Å². The fourth-order valence-electron chi connectivity index (χ4n) is 4.80. The molecule has 0 bridgehead atoms. The number of alkyl halides is 4. The summed E-state index contributed by atoms with van der Waals surface area (Å²) < 4.78 is 81.7. The van der Waals surface area contributed by atoms with E-state index in [4.69, 9.17) is 0 Å². The Morgan fingerprint density at radius 2 is 1.38 bits per heavy atom. The van der Waals surface area contributed by atoms with Gasteiger partial charge < -0.3 is 4.74 Å². The van der Waals surface area contributed by atoms with E-state index in [0.29, 0.717) is 17.4 Å². The first kappa shape index (κ1) is 22.0. The third-order valence-corrected chi connectivity index (χ3v) is 6.47. The Balaban J connectivity index is 1.60. The molecule has 2 aliphatic rings. The second kappa shape index (κ2) is 8.96. The third kappa shape index (κ3) is 5.25. The van der Waals surface area contributed by atoms with Gasteiger partial charge in [0.05, 0.1) is 6.67 Å². The van der Waals surface area contributed by atoms with Gasteiger partial charge in [0.2, 0.25) is 5.75 Å². The Hall–Kier alpha value is -1.73. The van der Waals surface area contributed by atoms with Gasteiger partial charge >= 0.3 is 12.1 Å². The zero-order valence-corrected chi connectivity index (χ0v) is 15.9. The lowest BCUT2D eigenvalue weighted by Crippen LogP contribution is -2.28. The van der Waals surface area contributed by atoms with Crippen LogP contribution in [0.15, 0.2) is 12.1 Å². The van der Waals surface area contributed by atoms with Gasteiger partial charge in [-0.3, -0.25) is 4.39 Å². The molecule has 8 heteroatoms. The quantitative estimate of drug-likeness (QED) is 0.315. The highest BCUT2D eigenvalue weighted by molar-refractivity contribution is 5.78. The molecule has 0 heterocycles. The highest BCUT2D eigenvalue weighted by Crippen LogP contribution is 2.44. The van der Waals surface area contributed by atoms with Gasteiger partial charge in [0.1, 0.15) is 0 Å². The van der Waals surface area contributed by atoms with Crippen LogP contribution >= 0.6 is 0 Å². The van der Waals surface area contributed by atoms with Crippen molar-refractivity contribution in [3.05, 3.63) is 29.3 Å². The van der Waals surface area contributed by atoms with Crippen molar-refractivity contribution in [1.82, 2.24) is 0 Å². The van der Waals surface area contributed by atoms with Crippen molar-refractivity contribution in [2.24, 2.45) is 17.8 Å². The molecule has 162 valence electrons. The topological polar surface area (TPSA) is 26.3 Å². The lowest BCUT2D eigenvalue weighted by molar-refractivity contribution is -0.190. The maximum atomic E-state index is 14.1. The maximum Gasteiger partial charge on any atom is 0.491 e. The summed E-state index contributed by atoms with van der Waals surface area (Å²) in [5, 5.41) is 0. The standard InChI is InChI=1S/C21H24F6O2/c22-11-12-1-3-13(4-2-12)14-5-7-15(8-6-14)16-9-17(23)19(18(24)10-16)29-20(28)21(25,26)27/h9-10,12-15H,1-8,11H2. The molecule has 2 fully saturated rings. The summed E-state index contributed by atoms with van der Waals surface area (Å²) in [7, 11) is 0. The SMILES string of the molecule is O=C(Oc1c(F)cc(C2CCC(C3CCC(CF)CC3)CC2)cc1F)C(F)(F)F. The number of hydrogen-bond acceptors (Lipinski definition) is 2. The third-order valence-electron chi connectivity index (χ3n) is 6.47. The normalized spacial score (nSPS) is 28.2. The van der Waals surface area contributed by atoms with E-state index in [9.17, 15) is 31.1 Å². The smallest absolute Gasteiger partial charge is 0.414 e. The van der Waals surface area contributed by atoms with E-state index < -0.39 is 29.5 Å². The second-order valence-electron chi connectivity index (χ2n) is 8.25. The lowest BCUT2D eigenvalue weighted by atomic mass is 9.68. The molecule has 1 aromatic rings. The van der Waals surface area contributed by atoms with Gasteiger partial charge in [-0.1, -0.05) is 0 Å². The van der Waals surface area contributed by atoms with E-state index >= 15 is 0 Å². The number of halogens is 6. The highest BCUT2D eigenvalue weighted by Gasteiger charge is 2.42. The minimum atomic E-state index is -5.33. The van der Waals surface area contributed by atoms with E-state index in [1.54, 1.807) is 0 Å². The van der Waals surface area contributed by atoms with Crippen LogP contribution in [-0.2, 0) is 4.79 Å². The van der Waals surface area contributed by atoms with Crippen molar-refractivity contribution in [2.75, 3.05) is 6.67 Å². The summed E-state index contributed by atoms with van der Waals surface area (Å²) in [5.41, 5.74) is 0.367. The Bertz CT molecular complexity index is 693. The van der Waals surface area contributed by atoms with Crippen molar-refractivity contribution in [3.63, 3.8) is 0 Å². The van der Waals surface area contributed by atoms with E-state index in [1.165, 1.54) is 0 Å². The van der Waals surface area contributed by atoms with Crippen LogP contribution in [0.4, 0.5) is 26.3 Å². The molecule has 2 saturated carbocycles. The molecule has 29 heavy (non-hydrogen) atoms. The molecule has 0 radical (unpaired) electrons. The van der Waals surface area contributed by atoms with Gasteiger partial charge in [-0.25, -0.2) is 13.6 Å². The molecular formula is C21H24F6O2. The molecule has 0 atom stereocenters. The fraction of sp³-hybridized carbons (Fsp3) is 0.667. The van der Waals surface area contributed by atoms with Crippen molar-refractivity contribution in [2.45, 2.75) is 63.5 Å². The molecule has 0 unspecified atom stereocenters. The summed E-state index contributed by atoms with van der Waals surface area (Å²) in [5.74, 6) is -5.44. The number of benzene rings is 1. The average molecular weight is 422 g/mol. The molecule has 0 saturated heterocycles. The van der Waals surface area contributed by atoms with E-state index in [1.807, 2.05) is 0 Å². The zero-order chi connectivity index (χ0) is 21.2. The molecule has 2 nitrogen and oxygen atoms in total. The molecule has 0 amide bonds. The predicted molar refractivity (Wildman–Crippen MR) is 94.2 cm³/mol. The van der Waals surface area contributed by atoms with Crippen molar-refractivity contribution < 1.29 is 35.9 Å². The average Bonchev–Trinajstić information content (AvgIpc) is 2.70. The largest absolute Gasteiger partial charge is 0.491 e. The van der Waals surface area contributed by atoms with E-state index in [-0.39, 0.29) is 18.5 Å². The number of hydrogen-bond donors (Lipinski definition) is 0. The molecule has 0 spiro atoms. The molecule has 2 aliphatic carbocycles. The summed E-state index contributed by atoms with van der Waals surface area (Å²) in [6.45, 7) is -0.259. The summed E-state index contributed by atoms with van der Waals surface area (Å²) in [6.07, 6.45) is 1.80. The van der Waals surface area contributed by atoms with Crippen molar-refractivity contribution in [1.29, 1.82) is 0 Å². The summed E-state index contributed by atoms with van der Waals surface area (Å²) in [6, 6.07) is 1.92. The number of carbonyl (C=O) groups excluding carboxylic acids is 1. The first-order valence-corrected chi connectivity index (χ1v) is 10.0. The van der Waals surface area contributed by atoms with E-state index in [0.717, 1.165) is 63.5 Å². The minimum absolute atomic E-state index is 0.0928. The molecule has 0 aromatic heterocycles. The molecule has 3 rings (SSSR count). The van der Waals surface area contributed by atoms with Gasteiger partial charge in [0.25, 0.3) is 0 Å². The van der Waals surface area contributed by atoms with Gasteiger partial charge in [-0.2, -0.15) is 13.2 Å². The number of ether oxygens (including phenoxy) is 1. The van der Waals surface area contributed by atoms with Crippen LogP contribution in [-0.4, -0.2) is 18.8 Å². The van der Waals surface area contributed by atoms with Crippen LogP contribution in [0.2, 0.25) is 0 Å². The first-order chi connectivity index (χ1) is 13.7. The Morgan fingerprint density at radius 3 is 1.83 bits per heavy atom. The predicted octanol–water partition coefficient (Wildman–Crippen LogP) is 6.48. The molecule has 0 aliphatic heterocycles. The van der Waals surface area contributed by atoms with Gasteiger partial charge in [0, 0.05) is 0 Å². The molecule has 1 aromatic carbocycles. The molecular weight excluding hydrogens is 398 g/mol. The van der Waals surface area contributed by atoms with Gasteiger partial charge in [-0.15, -0.1) is 0 Å². The van der Waals surface area contributed by atoms with Crippen LogP contribution in [0.25, 0.3) is 0 Å². The number of rotatable bonds is 4. The van der Waals surface area contributed by atoms with Crippen molar-refractivity contribution in [3.8, 4) is 5.75 Å². The van der Waals surface area contributed by atoms with Crippen molar-refractivity contribution >= 4 is 5.97 Å². The van der Waals surface area contributed by atoms with Gasteiger partial charge in [0.15, 0.2) is 11.6 Å². The van der Waals surface area contributed by atoms with Crippen LogP contribution in [0, 0.1) is 29.4 Å². The summed E-state index contributed by atoms with van der Waals surface area (Å²) in [4.78, 5) is 10.8. The second-order valence-corrected chi connectivity index (χ2v) is 8.25. The van der Waals surface area contributed by atoms with Crippen LogP contribution in [0.5, 0.6) is 5.75 Å². The summed E-state index contributed by atoms with van der Waals surface area (Å²) >= 11 is 0.